The number of unbranched alkanes of at least 4 members (excludes halogenated alkanes) is 1. The smallest absolute Gasteiger partial charge is 0.335 e. The number of hydrogen-bond acceptors (Lipinski definition) is 2. The van der Waals surface area contributed by atoms with E-state index in [4.69, 9.17) is 5.11 Å². The molecule has 0 saturated heterocycles. The zero-order valence-corrected chi connectivity index (χ0v) is 12.7. The van der Waals surface area contributed by atoms with E-state index in [-0.39, 0.29) is 6.61 Å². The van der Waals surface area contributed by atoms with Crippen LogP contribution in [0.4, 0.5) is 0 Å². The van der Waals surface area contributed by atoms with Crippen molar-refractivity contribution in [3.63, 3.8) is 0 Å². The molecule has 0 aliphatic carbocycles. The van der Waals surface area contributed by atoms with E-state index in [0.717, 1.165) is 47.8 Å². The third-order valence-corrected chi connectivity index (χ3v) is 3.90. The van der Waals surface area contributed by atoms with Crippen LogP contribution in [0.25, 0.3) is 10.9 Å². The van der Waals surface area contributed by atoms with E-state index >= 15 is 0 Å². The maximum absolute atomic E-state index is 11.3. The summed E-state index contributed by atoms with van der Waals surface area (Å²) < 4.78 is 2.21. The van der Waals surface area contributed by atoms with Gasteiger partial charge in [-0.25, -0.2) is 4.79 Å². The average molecular weight is 289 g/mol. The molecule has 4 nitrogen and oxygen atoms in total. The monoisotopic (exact) mass is 289 g/mol. The Labute approximate surface area is 125 Å². The van der Waals surface area contributed by atoms with E-state index in [1.165, 1.54) is 0 Å². The predicted molar refractivity (Wildman–Crippen MR) is 83.9 cm³/mol. The molecule has 114 valence electrons. The van der Waals surface area contributed by atoms with Crippen LogP contribution >= 0.6 is 0 Å². The number of hydrogen-bond donors (Lipinski definition) is 2. The van der Waals surface area contributed by atoms with Crippen molar-refractivity contribution in [2.45, 2.75) is 46.1 Å². The molecule has 0 radical (unpaired) electrons. The van der Waals surface area contributed by atoms with Crippen LogP contribution in [-0.4, -0.2) is 27.4 Å². The molecular formula is C17H23NO3. The molecule has 0 amide bonds. The van der Waals surface area contributed by atoms with Gasteiger partial charge in [-0.1, -0.05) is 13.3 Å². The topological polar surface area (TPSA) is 62.5 Å². The number of aromatic carboxylic acids is 1. The van der Waals surface area contributed by atoms with E-state index in [9.17, 15) is 9.90 Å². The standard InChI is InChI=1S/C17H23NO3/c1-3-4-7-18-11-13(6-5-8-19)15-10-14(17(20)21)12(2)9-16(15)18/h9-11,19H,3-8H2,1-2H3,(H,20,21). The van der Waals surface area contributed by atoms with E-state index in [1.807, 2.05) is 13.0 Å². The highest BCUT2D eigenvalue weighted by Crippen LogP contribution is 2.27. The number of carboxylic acids is 1. The number of nitrogens with zero attached hydrogens (tertiary/aromatic N) is 1. The van der Waals surface area contributed by atoms with Crippen molar-refractivity contribution in [3.05, 3.63) is 35.0 Å². The van der Waals surface area contributed by atoms with Crippen LogP contribution in [0.1, 0.15) is 47.7 Å². The van der Waals surface area contributed by atoms with Crippen LogP contribution in [0, 0.1) is 6.92 Å². The van der Waals surface area contributed by atoms with Crippen molar-refractivity contribution in [1.29, 1.82) is 0 Å². The van der Waals surface area contributed by atoms with Crippen LogP contribution < -0.4 is 0 Å². The fraction of sp³-hybridized carbons (Fsp3) is 0.471. The van der Waals surface area contributed by atoms with Crippen LogP contribution in [0.3, 0.4) is 0 Å². The molecule has 1 aromatic carbocycles. The Bertz CT molecular complexity index is 643. The van der Waals surface area contributed by atoms with Crippen molar-refractivity contribution in [2.24, 2.45) is 0 Å². The first-order valence-corrected chi connectivity index (χ1v) is 7.55. The van der Waals surface area contributed by atoms with Gasteiger partial charge in [-0.2, -0.15) is 0 Å². The summed E-state index contributed by atoms with van der Waals surface area (Å²) in [7, 11) is 0. The summed E-state index contributed by atoms with van der Waals surface area (Å²) in [6.45, 7) is 5.09. The number of aliphatic hydroxyl groups is 1. The fourth-order valence-corrected chi connectivity index (χ4v) is 2.73. The summed E-state index contributed by atoms with van der Waals surface area (Å²) in [5.41, 5.74) is 3.37. The normalized spacial score (nSPS) is 11.2. The number of aromatic nitrogens is 1. The molecule has 2 aromatic rings. The Morgan fingerprint density at radius 1 is 1.29 bits per heavy atom. The van der Waals surface area contributed by atoms with Gasteiger partial charge in [0.05, 0.1) is 5.56 Å². The Morgan fingerprint density at radius 3 is 2.67 bits per heavy atom. The van der Waals surface area contributed by atoms with Crippen molar-refractivity contribution < 1.29 is 15.0 Å². The molecule has 2 rings (SSSR count). The van der Waals surface area contributed by atoms with Crippen molar-refractivity contribution in [1.82, 2.24) is 4.57 Å². The van der Waals surface area contributed by atoms with Gasteiger partial charge in [-0.05, 0) is 49.4 Å². The van der Waals surface area contributed by atoms with E-state index < -0.39 is 5.97 Å². The molecule has 0 unspecified atom stereocenters. The molecule has 0 atom stereocenters. The first-order valence-electron chi connectivity index (χ1n) is 7.55. The highest BCUT2D eigenvalue weighted by molar-refractivity contribution is 5.96. The van der Waals surface area contributed by atoms with E-state index in [1.54, 1.807) is 6.07 Å². The van der Waals surface area contributed by atoms with Gasteiger partial charge >= 0.3 is 5.97 Å². The Hall–Kier alpha value is -1.81. The molecule has 0 saturated carbocycles. The molecule has 0 bridgehead atoms. The summed E-state index contributed by atoms with van der Waals surface area (Å²) in [4.78, 5) is 11.3. The number of benzene rings is 1. The minimum atomic E-state index is -0.885. The molecule has 0 fully saturated rings. The Morgan fingerprint density at radius 2 is 2.05 bits per heavy atom. The van der Waals surface area contributed by atoms with E-state index in [2.05, 4.69) is 17.7 Å². The molecular weight excluding hydrogens is 266 g/mol. The van der Waals surface area contributed by atoms with Gasteiger partial charge < -0.3 is 14.8 Å². The van der Waals surface area contributed by atoms with Gasteiger partial charge in [0.1, 0.15) is 0 Å². The first-order chi connectivity index (χ1) is 10.1. The molecule has 2 N–H and O–H groups in total. The number of aliphatic hydroxyl groups excluding tert-OH is 1. The quantitative estimate of drug-likeness (QED) is 0.821. The highest BCUT2D eigenvalue weighted by Gasteiger charge is 2.14. The van der Waals surface area contributed by atoms with Crippen LogP contribution in [0.15, 0.2) is 18.3 Å². The molecule has 0 aliphatic heterocycles. The second kappa shape index (κ2) is 6.76. The lowest BCUT2D eigenvalue weighted by molar-refractivity contribution is 0.0696. The van der Waals surface area contributed by atoms with Crippen LogP contribution in [-0.2, 0) is 13.0 Å². The van der Waals surface area contributed by atoms with E-state index in [0.29, 0.717) is 12.0 Å². The maximum Gasteiger partial charge on any atom is 0.335 e. The van der Waals surface area contributed by atoms with Crippen molar-refractivity contribution >= 4 is 16.9 Å². The SMILES string of the molecule is CCCCn1cc(CCCO)c2cc(C(=O)O)c(C)cc21. The molecule has 21 heavy (non-hydrogen) atoms. The maximum atomic E-state index is 11.3. The number of carbonyl (C=O) groups is 1. The zero-order chi connectivity index (χ0) is 15.4. The molecule has 0 aliphatic rings. The van der Waals surface area contributed by atoms with Crippen LogP contribution in [0.2, 0.25) is 0 Å². The van der Waals surface area contributed by atoms with Crippen molar-refractivity contribution in [3.8, 4) is 0 Å². The Balaban J connectivity index is 2.54. The van der Waals surface area contributed by atoms with Gasteiger partial charge in [0, 0.05) is 30.3 Å². The number of fused-ring (bicyclic) bond motifs is 1. The van der Waals surface area contributed by atoms with Crippen LogP contribution in [0.5, 0.6) is 0 Å². The van der Waals surface area contributed by atoms with Gasteiger partial charge in [-0.15, -0.1) is 0 Å². The van der Waals surface area contributed by atoms with Gasteiger partial charge in [0.15, 0.2) is 0 Å². The lowest BCUT2D eigenvalue weighted by Gasteiger charge is -2.06. The summed E-state index contributed by atoms with van der Waals surface area (Å²) in [5, 5.41) is 19.3. The molecule has 1 aromatic heterocycles. The molecule has 1 heterocycles. The summed E-state index contributed by atoms with van der Waals surface area (Å²) >= 11 is 0. The second-order valence-corrected chi connectivity index (χ2v) is 5.52. The largest absolute Gasteiger partial charge is 0.478 e. The number of rotatable bonds is 7. The number of carboxylic acid groups (broad SMARTS) is 1. The lowest BCUT2D eigenvalue weighted by Crippen LogP contribution is -2.01. The van der Waals surface area contributed by atoms with Gasteiger partial charge in [0.2, 0.25) is 0 Å². The fourth-order valence-electron chi connectivity index (χ4n) is 2.73. The average Bonchev–Trinajstić information content (AvgIpc) is 2.78. The third-order valence-electron chi connectivity index (χ3n) is 3.90. The Kier molecular flexibility index (Phi) is 5.02. The first kappa shape index (κ1) is 15.6. The lowest BCUT2D eigenvalue weighted by atomic mass is 10.0. The summed E-state index contributed by atoms with van der Waals surface area (Å²) in [6, 6.07) is 3.75. The summed E-state index contributed by atoms with van der Waals surface area (Å²) in [6.07, 6.45) is 5.80. The molecule has 4 heteroatoms. The zero-order valence-electron chi connectivity index (χ0n) is 12.7. The molecule has 0 spiro atoms. The van der Waals surface area contributed by atoms with Gasteiger partial charge in [-0.3, -0.25) is 0 Å². The second-order valence-electron chi connectivity index (χ2n) is 5.52. The summed E-state index contributed by atoms with van der Waals surface area (Å²) in [5.74, 6) is -0.885. The minimum absolute atomic E-state index is 0.152. The predicted octanol–water partition coefficient (Wildman–Crippen LogP) is 3.37. The third kappa shape index (κ3) is 3.27. The van der Waals surface area contributed by atoms with Crippen molar-refractivity contribution in [2.75, 3.05) is 6.61 Å². The minimum Gasteiger partial charge on any atom is -0.478 e. The number of aryl methyl sites for hydroxylation is 3. The van der Waals surface area contributed by atoms with Gasteiger partial charge in [0.25, 0.3) is 0 Å². The highest BCUT2D eigenvalue weighted by atomic mass is 16.4.